The van der Waals surface area contributed by atoms with Crippen LogP contribution >= 0.6 is 43.6 Å². The highest BCUT2D eigenvalue weighted by Crippen LogP contribution is 2.37. The minimum atomic E-state index is -1.28. The van der Waals surface area contributed by atoms with E-state index in [4.69, 9.17) is 10.3 Å². The molecule has 8 nitrogen and oxygen atoms in total. The molecule has 0 radical (unpaired) electrons. The Hall–Kier alpha value is -0.390. The average molecular weight is 456 g/mol. The van der Waals surface area contributed by atoms with Crippen molar-refractivity contribution in [3.8, 4) is 0 Å². The molecule has 1 aliphatic heterocycles. The van der Waals surface area contributed by atoms with Gasteiger partial charge in [0.15, 0.2) is 0 Å². The zero-order valence-electron chi connectivity index (χ0n) is 11.0. The highest BCUT2D eigenvalue weighted by atomic mass is 79.9. The molecule has 2 heterocycles. The first-order valence-corrected chi connectivity index (χ1v) is 8.59. The fourth-order valence-corrected chi connectivity index (χ4v) is 4.05. The van der Waals surface area contributed by atoms with E-state index in [0.717, 1.165) is 16.2 Å². The molecule has 1 aromatic rings. The maximum Gasteiger partial charge on any atom is 0.134 e. The molecule has 1 fully saturated rings. The summed E-state index contributed by atoms with van der Waals surface area (Å²) in [4.78, 5) is 7.43. The van der Waals surface area contributed by atoms with Crippen molar-refractivity contribution in [1.82, 2.24) is 4.98 Å². The van der Waals surface area contributed by atoms with Gasteiger partial charge in [-0.3, -0.25) is 0 Å². The van der Waals surface area contributed by atoms with Gasteiger partial charge in [0.25, 0.3) is 0 Å². The van der Waals surface area contributed by atoms with Gasteiger partial charge in [-0.15, -0.1) is 0 Å². The number of hydrogen-bond donors (Lipinski definition) is 3. The van der Waals surface area contributed by atoms with Gasteiger partial charge in [-0.25, -0.2) is 4.98 Å². The fraction of sp³-hybridized carbons (Fsp3) is 0.545. The van der Waals surface area contributed by atoms with E-state index in [1.165, 1.54) is 0 Å². The number of azide groups is 1. The van der Waals surface area contributed by atoms with Gasteiger partial charge < -0.3 is 20.1 Å². The molecule has 0 aliphatic carbocycles. The van der Waals surface area contributed by atoms with Gasteiger partial charge in [-0.05, 0) is 43.5 Å². The Bertz CT molecular complexity index is 589. The van der Waals surface area contributed by atoms with Crippen molar-refractivity contribution in [3.63, 3.8) is 0 Å². The second-order valence-electron chi connectivity index (χ2n) is 4.46. The highest BCUT2D eigenvalue weighted by molar-refractivity contribution is 9.11. The SMILES string of the molecule is [N-]=[N+]=NC1C(O)[C@@H](Sc2cc(Br)cnc2Br)OC(CO)[C@@H]1O. The van der Waals surface area contributed by atoms with Crippen molar-refractivity contribution in [2.75, 3.05) is 6.61 Å². The van der Waals surface area contributed by atoms with Crippen molar-refractivity contribution in [2.45, 2.75) is 34.7 Å². The minimum absolute atomic E-state index is 0.458. The van der Waals surface area contributed by atoms with Gasteiger partial charge in [0.2, 0.25) is 0 Å². The quantitative estimate of drug-likeness (QED) is 0.274. The van der Waals surface area contributed by atoms with Crippen LogP contribution in [0.25, 0.3) is 10.4 Å². The Morgan fingerprint density at radius 3 is 2.77 bits per heavy atom. The highest BCUT2D eigenvalue weighted by Gasteiger charge is 2.44. The number of rotatable bonds is 4. The molecule has 22 heavy (non-hydrogen) atoms. The molecule has 120 valence electrons. The summed E-state index contributed by atoms with van der Waals surface area (Å²) in [7, 11) is 0. The number of thioether (sulfide) groups is 1. The minimum Gasteiger partial charge on any atom is -0.394 e. The first-order chi connectivity index (χ1) is 10.5. The van der Waals surface area contributed by atoms with Crippen molar-refractivity contribution >= 4 is 43.6 Å². The number of aliphatic hydroxyl groups is 3. The number of pyridine rings is 1. The topological polar surface area (TPSA) is 132 Å². The molecule has 1 aromatic heterocycles. The lowest BCUT2D eigenvalue weighted by molar-refractivity contribution is -0.159. The van der Waals surface area contributed by atoms with E-state index in [0.29, 0.717) is 9.50 Å². The van der Waals surface area contributed by atoms with E-state index in [1.54, 1.807) is 12.3 Å². The third kappa shape index (κ3) is 3.92. The number of hydrogen-bond acceptors (Lipinski definition) is 7. The molecule has 0 amide bonds. The predicted octanol–water partition coefficient (Wildman–Crippen LogP) is 1.82. The summed E-state index contributed by atoms with van der Waals surface area (Å²) in [5.41, 5.74) is 7.74. The van der Waals surface area contributed by atoms with Crippen molar-refractivity contribution in [2.24, 2.45) is 5.11 Å². The van der Waals surface area contributed by atoms with Crippen molar-refractivity contribution in [3.05, 3.63) is 31.8 Å². The molecule has 3 unspecified atom stereocenters. The largest absolute Gasteiger partial charge is 0.394 e. The molecule has 11 heteroatoms. The van der Waals surface area contributed by atoms with Gasteiger partial charge in [0.05, 0.1) is 18.8 Å². The van der Waals surface area contributed by atoms with Crippen LogP contribution in [0.2, 0.25) is 0 Å². The molecule has 3 N–H and O–H groups in total. The first kappa shape index (κ1) is 18.0. The Balaban J connectivity index is 2.25. The second kappa shape index (κ2) is 7.93. The monoisotopic (exact) mass is 454 g/mol. The van der Waals surface area contributed by atoms with Gasteiger partial charge in [-0.2, -0.15) is 0 Å². The van der Waals surface area contributed by atoms with Crippen molar-refractivity contribution in [1.29, 1.82) is 0 Å². The van der Waals surface area contributed by atoms with Crippen LogP contribution in [0.15, 0.2) is 31.3 Å². The zero-order chi connectivity index (χ0) is 16.3. The number of ether oxygens (including phenoxy) is 1. The third-order valence-electron chi connectivity index (χ3n) is 3.05. The van der Waals surface area contributed by atoms with E-state index in [9.17, 15) is 15.3 Å². The zero-order valence-corrected chi connectivity index (χ0v) is 14.9. The lowest BCUT2D eigenvalue weighted by Crippen LogP contribution is -2.56. The number of halogens is 2. The smallest absolute Gasteiger partial charge is 0.134 e. The van der Waals surface area contributed by atoms with Gasteiger partial charge in [0.1, 0.15) is 22.2 Å². The standard InChI is InChI=1S/C11H12Br2N4O4S/c12-4-1-6(10(13)15-2-4)22-11-9(20)7(16-17-14)8(19)5(3-18)21-11/h1-2,5,7-9,11,18-20H,3H2/t5?,7?,8-,9?,11+/m0/s1. The van der Waals surface area contributed by atoms with Crippen LogP contribution < -0.4 is 0 Å². The summed E-state index contributed by atoms with van der Waals surface area (Å²) in [6.07, 6.45) is -1.85. The maximum absolute atomic E-state index is 10.3. The van der Waals surface area contributed by atoms with Crippen LogP contribution in [0.4, 0.5) is 0 Å². The van der Waals surface area contributed by atoms with Gasteiger partial charge in [-0.1, -0.05) is 16.9 Å². The number of aliphatic hydroxyl groups excluding tert-OH is 3. The van der Waals surface area contributed by atoms with E-state index in [-0.39, 0.29) is 0 Å². The van der Waals surface area contributed by atoms with Gasteiger partial charge in [0, 0.05) is 20.5 Å². The maximum atomic E-state index is 10.3. The van der Waals surface area contributed by atoms with Crippen LogP contribution in [-0.4, -0.2) is 56.7 Å². The van der Waals surface area contributed by atoms with Crippen LogP contribution in [0.1, 0.15) is 0 Å². The van der Waals surface area contributed by atoms with E-state index in [1.807, 2.05) is 0 Å². The van der Waals surface area contributed by atoms with E-state index in [2.05, 4.69) is 46.9 Å². The molecular weight excluding hydrogens is 444 g/mol. The van der Waals surface area contributed by atoms with E-state index < -0.39 is 36.4 Å². The summed E-state index contributed by atoms with van der Waals surface area (Å²) >= 11 is 7.74. The molecule has 5 atom stereocenters. The fourth-order valence-electron chi connectivity index (χ4n) is 1.97. The molecule has 0 spiro atoms. The van der Waals surface area contributed by atoms with E-state index >= 15 is 0 Å². The molecule has 0 aromatic carbocycles. The van der Waals surface area contributed by atoms with Crippen LogP contribution in [0.3, 0.4) is 0 Å². The predicted molar refractivity (Wildman–Crippen MR) is 86.2 cm³/mol. The molecule has 0 bridgehead atoms. The number of aromatic nitrogens is 1. The van der Waals surface area contributed by atoms with Crippen LogP contribution in [0, 0.1) is 0 Å². The average Bonchev–Trinajstić information content (AvgIpc) is 2.50. The van der Waals surface area contributed by atoms with Crippen molar-refractivity contribution < 1.29 is 20.1 Å². The second-order valence-corrected chi connectivity index (χ2v) is 7.27. The normalized spacial score (nSPS) is 31.6. The molecule has 2 rings (SSSR count). The Morgan fingerprint density at radius 1 is 1.41 bits per heavy atom. The molecule has 0 saturated carbocycles. The summed E-state index contributed by atoms with van der Waals surface area (Å²) < 4.78 is 6.80. The first-order valence-electron chi connectivity index (χ1n) is 6.12. The Labute approximate surface area is 146 Å². The summed E-state index contributed by atoms with van der Waals surface area (Å²) in [6, 6.07) is 0.673. The number of nitrogens with zero attached hydrogens (tertiary/aromatic N) is 4. The lowest BCUT2D eigenvalue weighted by Gasteiger charge is -2.40. The Kier molecular flexibility index (Phi) is 6.47. The van der Waals surface area contributed by atoms with Gasteiger partial charge >= 0.3 is 0 Å². The van der Waals surface area contributed by atoms with Crippen LogP contribution in [0.5, 0.6) is 0 Å². The third-order valence-corrected chi connectivity index (χ3v) is 5.57. The molecule has 1 aliphatic rings. The summed E-state index contributed by atoms with van der Waals surface area (Å²) in [5, 5.41) is 32.9. The molecular formula is C11H12Br2N4O4S. The van der Waals surface area contributed by atoms with Crippen LogP contribution in [-0.2, 0) is 4.74 Å². The summed E-state index contributed by atoms with van der Waals surface area (Å²) in [6.45, 7) is -0.458. The Morgan fingerprint density at radius 2 is 2.14 bits per heavy atom. The summed E-state index contributed by atoms with van der Waals surface area (Å²) in [5.74, 6) is 0. The lowest BCUT2D eigenvalue weighted by atomic mass is 9.98. The molecule has 1 saturated heterocycles.